The van der Waals surface area contributed by atoms with E-state index in [1.807, 2.05) is 0 Å². The third-order valence-electron chi connectivity index (χ3n) is 2.47. The fourth-order valence-electron chi connectivity index (χ4n) is 1.38. The first-order valence-electron chi connectivity index (χ1n) is 4.65. The first kappa shape index (κ1) is 10.2. The Morgan fingerprint density at radius 1 is 1.67 bits per heavy atom. The van der Waals surface area contributed by atoms with Gasteiger partial charge in [0.2, 0.25) is 5.82 Å². The van der Waals surface area contributed by atoms with Crippen LogP contribution >= 0.6 is 11.6 Å². The molecule has 6 heteroatoms. The summed E-state index contributed by atoms with van der Waals surface area (Å²) in [4.78, 5) is 14.2. The van der Waals surface area contributed by atoms with Crippen molar-refractivity contribution in [3.05, 3.63) is 27.4 Å². The summed E-state index contributed by atoms with van der Waals surface area (Å²) in [6, 6.07) is 3.07. The maximum Gasteiger partial charge on any atom is 0.311 e. The van der Waals surface area contributed by atoms with E-state index < -0.39 is 4.92 Å². The van der Waals surface area contributed by atoms with Gasteiger partial charge in [0, 0.05) is 12.1 Å². The molecular weight excluding hydrogens is 218 g/mol. The van der Waals surface area contributed by atoms with Gasteiger partial charge in [-0.3, -0.25) is 10.1 Å². The van der Waals surface area contributed by atoms with Gasteiger partial charge in [-0.15, -0.1) is 0 Å². The molecule has 1 aliphatic rings. The third-order valence-corrected chi connectivity index (χ3v) is 2.68. The normalized spacial score (nSPS) is 23.6. The molecule has 2 rings (SSSR count). The van der Waals surface area contributed by atoms with Crippen LogP contribution in [0.4, 0.5) is 11.5 Å². The van der Waals surface area contributed by atoms with E-state index in [4.69, 9.17) is 11.6 Å². The second-order valence-electron chi connectivity index (χ2n) is 3.72. The summed E-state index contributed by atoms with van der Waals surface area (Å²) in [5.41, 5.74) is -0.0292. The lowest BCUT2D eigenvalue weighted by Crippen LogP contribution is -2.07. The molecule has 0 amide bonds. The molecule has 15 heavy (non-hydrogen) atoms. The Kier molecular flexibility index (Phi) is 2.48. The molecule has 1 aliphatic carbocycles. The molecule has 1 fully saturated rings. The topological polar surface area (TPSA) is 68.1 Å². The molecule has 0 spiro atoms. The van der Waals surface area contributed by atoms with E-state index in [-0.39, 0.29) is 22.7 Å². The van der Waals surface area contributed by atoms with Gasteiger partial charge in [-0.25, -0.2) is 4.98 Å². The highest BCUT2D eigenvalue weighted by Gasteiger charge is 2.34. The number of nitrogens with zero attached hydrogens (tertiary/aromatic N) is 2. The molecule has 0 saturated heterocycles. The van der Waals surface area contributed by atoms with Crippen molar-refractivity contribution in [3.8, 4) is 0 Å². The largest absolute Gasteiger partial charge is 0.361 e. The van der Waals surface area contributed by atoms with E-state index in [9.17, 15) is 10.1 Å². The molecule has 2 atom stereocenters. The van der Waals surface area contributed by atoms with Gasteiger partial charge in [-0.2, -0.15) is 0 Å². The van der Waals surface area contributed by atoms with Gasteiger partial charge in [-0.1, -0.05) is 18.5 Å². The van der Waals surface area contributed by atoms with E-state index in [2.05, 4.69) is 17.2 Å². The number of hydrogen-bond donors (Lipinski definition) is 1. The summed E-state index contributed by atoms with van der Waals surface area (Å²) in [7, 11) is 0. The number of aromatic nitrogens is 1. The molecule has 0 aromatic carbocycles. The second-order valence-corrected chi connectivity index (χ2v) is 4.11. The summed E-state index contributed by atoms with van der Waals surface area (Å²) in [6.45, 7) is 2.08. The molecule has 0 bridgehead atoms. The minimum atomic E-state index is -0.460. The van der Waals surface area contributed by atoms with Crippen molar-refractivity contribution in [3.63, 3.8) is 0 Å². The molecule has 1 aromatic rings. The summed E-state index contributed by atoms with van der Waals surface area (Å²) in [5.74, 6) is 0.812. The van der Waals surface area contributed by atoms with Crippen LogP contribution in [0.1, 0.15) is 13.3 Å². The van der Waals surface area contributed by atoms with Crippen molar-refractivity contribution >= 4 is 23.1 Å². The predicted octanol–water partition coefficient (Wildman–Crippen LogP) is 2.46. The van der Waals surface area contributed by atoms with Crippen LogP contribution in [0.25, 0.3) is 0 Å². The molecular formula is C9H10ClN3O2. The quantitative estimate of drug-likeness (QED) is 0.489. The second kappa shape index (κ2) is 3.66. The van der Waals surface area contributed by atoms with Gasteiger partial charge in [-0.05, 0) is 18.4 Å². The van der Waals surface area contributed by atoms with Crippen molar-refractivity contribution in [2.45, 2.75) is 19.4 Å². The molecule has 1 heterocycles. The van der Waals surface area contributed by atoms with Crippen LogP contribution in [-0.2, 0) is 0 Å². The van der Waals surface area contributed by atoms with E-state index in [1.165, 1.54) is 12.1 Å². The SMILES string of the molecule is CC1CC1Nc1nc(Cl)ccc1[N+](=O)[O-]. The summed E-state index contributed by atoms with van der Waals surface area (Å²) in [5, 5.41) is 14.0. The van der Waals surface area contributed by atoms with Crippen molar-refractivity contribution in [2.75, 3.05) is 5.32 Å². The van der Waals surface area contributed by atoms with E-state index in [1.54, 1.807) is 0 Å². The van der Waals surface area contributed by atoms with Crippen molar-refractivity contribution in [1.82, 2.24) is 4.98 Å². The Hall–Kier alpha value is -1.36. The summed E-state index contributed by atoms with van der Waals surface area (Å²) >= 11 is 5.69. The molecule has 1 N–H and O–H groups in total. The van der Waals surface area contributed by atoms with Gasteiger partial charge in [0.15, 0.2) is 0 Å². The maximum atomic E-state index is 10.7. The van der Waals surface area contributed by atoms with E-state index >= 15 is 0 Å². The Balaban J connectivity index is 2.26. The van der Waals surface area contributed by atoms with Crippen LogP contribution in [0.2, 0.25) is 5.15 Å². The monoisotopic (exact) mass is 227 g/mol. The Morgan fingerprint density at radius 2 is 2.33 bits per heavy atom. The van der Waals surface area contributed by atoms with Crippen LogP contribution < -0.4 is 5.32 Å². The summed E-state index contributed by atoms with van der Waals surface area (Å²) in [6.07, 6.45) is 1.02. The number of rotatable bonds is 3. The van der Waals surface area contributed by atoms with Gasteiger partial charge < -0.3 is 5.32 Å². The van der Waals surface area contributed by atoms with Gasteiger partial charge in [0.25, 0.3) is 0 Å². The van der Waals surface area contributed by atoms with Crippen LogP contribution in [0, 0.1) is 16.0 Å². The van der Waals surface area contributed by atoms with Gasteiger partial charge >= 0.3 is 5.69 Å². The first-order valence-corrected chi connectivity index (χ1v) is 5.03. The van der Waals surface area contributed by atoms with Gasteiger partial charge in [0.05, 0.1) is 4.92 Å². The third kappa shape index (κ3) is 2.18. The fraction of sp³-hybridized carbons (Fsp3) is 0.444. The van der Waals surface area contributed by atoms with Crippen LogP contribution in [-0.4, -0.2) is 15.9 Å². The molecule has 1 saturated carbocycles. The molecule has 80 valence electrons. The summed E-state index contributed by atoms with van der Waals surface area (Å²) < 4.78 is 0. The van der Waals surface area contributed by atoms with E-state index in [0.29, 0.717) is 5.92 Å². The zero-order valence-electron chi connectivity index (χ0n) is 8.11. The molecule has 5 nitrogen and oxygen atoms in total. The van der Waals surface area contributed by atoms with Crippen LogP contribution in [0.5, 0.6) is 0 Å². The smallest absolute Gasteiger partial charge is 0.311 e. The molecule has 2 unspecified atom stereocenters. The number of anilines is 1. The van der Waals surface area contributed by atoms with Crippen LogP contribution in [0.15, 0.2) is 12.1 Å². The predicted molar refractivity (Wildman–Crippen MR) is 57.1 cm³/mol. The van der Waals surface area contributed by atoms with Crippen molar-refractivity contribution < 1.29 is 4.92 Å². The van der Waals surface area contributed by atoms with Gasteiger partial charge in [0.1, 0.15) is 5.15 Å². The fourth-order valence-corrected chi connectivity index (χ4v) is 1.53. The minimum Gasteiger partial charge on any atom is -0.361 e. The average molecular weight is 228 g/mol. The maximum absolute atomic E-state index is 10.7. The molecule has 1 aromatic heterocycles. The van der Waals surface area contributed by atoms with Crippen LogP contribution in [0.3, 0.4) is 0 Å². The Labute approximate surface area is 91.6 Å². The van der Waals surface area contributed by atoms with Crippen molar-refractivity contribution in [2.24, 2.45) is 5.92 Å². The number of nitro groups is 1. The Bertz CT molecular complexity index is 410. The van der Waals surface area contributed by atoms with E-state index in [0.717, 1.165) is 6.42 Å². The lowest BCUT2D eigenvalue weighted by Gasteiger charge is -2.04. The highest BCUT2D eigenvalue weighted by Crippen LogP contribution is 2.35. The zero-order chi connectivity index (χ0) is 11.0. The molecule has 0 aliphatic heterocycles. The Morgan fingerprint density at radius 3 is 2.87 bits per heavy atom. The number of halogens is 1. The number of nitrogens with one attached hydrogen (secondary N) is 1. The standard InChI is InChI=1S/C9H10ClN3O2/c1-5-4-6(5)11-9-7(13(14)15)2-3-8(10)12-9/h2-3,5-6H,4H2,1H3,(H,11,12). The highest BCUT2D eigenvalue weighted by molar-refractivity contribution is 6.29. The number of pyridine rings is 1. The lowest BCUT2D eigenvalue weighted by atomic mass is 10.4. The lowest BCUT2D eigenvalue weighted by molar-refractivity contribution is -0.384. The number of hydrogen-bond acceptors (Lipinski definition) is 4. The van der Waals surface area contributed by atoms with Crippen molar-refractivity contribution in [1.29, 1.82) is 0 Å². The first-order chi connectivity index (χ1) is 7.08. The average Bonchev–Trinajstić information content (AvgIpc) is 2.81. The molecule has 0 radical (unpaired) electrons. The zero-order valence-corrected chi connectivity index (χ0v) is 8.86. The minimum absolute atomic E-state index is 0.0292. The highest BCUT2D eigenvalue weighted by atomic mass is 35.5.